The van der Waals surface area contributed by atoms with Gasteiger partial charge in [0.25, 0.3) is 5.69 Å². The van der Waals surface area contributed by atoms with Gasteiger partial charge in [0, 0.05) is 28.6 Å². The van der Waals surface area contributed by atoms with Crippen molar-refractivity contribution in [2.24, 2.45) is 5.10 Å². The predicted octanol–water partition coefficient (Wildman–Crippen LogP) is 4.35. The highest BCUT2D eigenvalue weighted by Crippen LogP contribution is 2.25. The van der Waals surface area contributed by atoms with E-state index in [2.05, 4.69) is 10.5 Å². The Kier molecular flexibility index (Phi) is 6.09. The minimum Gasteiger partial charge on any atom is -0.316 e. The average Bonchev–Trinajstić information content (AvgIpc) is 2.96. The van der Waals surface area contributed by atoms with E-state index in [4.69, 9.17) is 11.6 Å². The van der Waals surface area contributed by atoms with Gasteiger partial charge < -0.3 is 4.57 Å². The van der Waals surface area contributed by atoms with Gasteiger partial charge in [0.2, 0.25) is 5.91 Å². The van der Waals surface area contributed by atoms with Crippen LogP contribution < -0.4 is 5.43 Å². The molecule has 1 amide bonds. The Morgan fingerprint density at radius 1 is 1.21 bits per heavy atom. The largest absolute Gasteiger partial charge is 0.316 e. The van der Waals surface area contributed by atoms with Gasteiger partial charge in [0.05, 0.1) is 28.3 Å². The molecule has 0 atom stereocenters. The first-order valence-electron chi connectivity index (χ1n) is 8.86. The standard InChI is InChI=1S/C21H19ClN4O3/c1-14-11-17(15(2)25(14)20-10-6-4-8-18(20)22)13-23-24-21(27)12-16-7-3-5-9-19(16)26(28)29/h3-11,13H,12H2,1-2H3,(H,24,27). The van der Waals surface area contributed by atoms with Crippen LogP contribution in [0.2, 0.25) is 5.02 Å². The summed E-state index contributed by atoms with van der Waals surface area (Å²) in [6, 6.07) is 15.6. The number of aryl methyl sites for hydroxylation is 1. The lowest BCUT2D eigenvalue weighted by molar-refractivity contribution is -0.385. The fourth-order valence-electron chi connectivity index (χ4n) is 3.15. The second-order valence-electron chi connectivity index (χ2n) is 6.47. The normalized spacial score (nSPS) is 11.0. The summed E-state index contributed by atoms with van der Waals surface area (Å²) in [5.41, 5.74) is 6.26. The molecular formula is C21H19ClN4O3. The lowest BCUT2D eigenvalue weighted by Gasteiger charge is -2.11. The molecule has 0 spiro atoms. The molecule has 0 saturated carbocycles. The summed E-state index contributed by atoms with van der Waals surface area (Å²) in [4.78, 5) is 22.7. The highest BCUT2D eigenvalue weighted by atomic mass is 35.5. The van der Waals surface area contributed by atoms with E-state index < -0.39 is 10.8 Å². The molecule has 0 radical (unpaired) electrons. The molecule has 1 N–H and O–H groups in total. The highest BCUT2D eigenvalue weighted by Gasteiger charge is 2.15. The number of nitro groups is 1. The Labute approximate surface area is 172 Å². The van der Waals surface area contributed by atoms with Crippen molar-refractivity contribution in [1.82, 2.24) is 9.99 Å². The molecule has 0 aliphatic rings. The van der Waals surface area contributed by atoms with Crippen LogP contribution in [0, 0.1) is 24.0 Å². The van der Waals surface area contributed by atoms with Crippen LogP contribution in [0.1, 0.15) is 22.5 Å². The number of carbonyl (C=O) groups excluding carboxylic acids is 1. The van der Waals surface area contributed by atoms with Crippen LogP contribution in [-0.4, -0.2) is 21.6 Å². The van der Waals surface area contributed by atoms with Gasteiger partial charge in [0.1, 0.15) is 0 Å². The van der Waals surface area contributed by atoms with E-state index in [-0.39, 0.29) is 12.1 Å². The maximum Gasteiger partial charge on any atom is 0.273 e. The van der Waals surface area contributed by atoms with Gasteiger partial charge in [0.15, 0.2) is 0 Å². The number of hydrazone groups is 1. The van der Waals surface area contributed by atoms with E-state index in [0.29, 0.717) is 10.6 Å². The Balaban J connectivity index is 1.73. The van der Waals surface area contributed by atoms with Crippen molar-refractivity contribution >= 4 is 29.4 Å². The van der Waals surface area contributed by atoms with E-state index in [1.54, 1.807) is 24.4 Å². The number of para-hydroxylation sites is 2. The van der Waals surface area contributed by atoms with Crippen LogP contribution in [0.15, 0.2) is 59.7 Å². The first-order valence-corrected chi connectivity index (χ1v) is 9.24. The van der Waals surface area contributed by atoms with Gasteiger partial charge in [-0.25, -0.2) is 5.43 Å². The van der Waals surface area contributed by atoms with E-state index in [0.717, 1.165) is 22.6 Å². The number of rotatable bonds is 6. The molecule has 29 heavy (non-hydrogen) atoms. The van der Waals surface area contributed by atoms with Crippen LogP contribution in [-0.2, 0) is 11.2 Å². The third-order valence-electron chi connectivity index (χ3n) is 4.50. The quantitative estimate of drug-likeness (QED) is 0.372. The van der Waals surface area contributed by atoms with Gasteiger partial charge >= 0.3 is 0 Å². The minimum atomic E-state index is -0.505. The highest BCUT2D eigenvalue weighted by molar-refractivity contribution is 6.32. The lowest BCUT2D eigenvalue weighted by atomic mass is 10.1. The number of aromatic nitrogens is 1. The zero-order valence-electron chi connectivity index (χ0n) is 15.9. The molecule has 0 saturated heterocycles. The molecular weight excluding hydrogens is 392 g/mol. The number of carbonyl (C=O) groups is 1. The number of nitro benzene ring substituents is 1. The molecule has 0 unspecified atom stereocenters. The van der Waals surface area contributed by atoms with Crippen molar-refractivity contribution < 1.29 is 9.72 Å². The summed E-state index contributed by atoms with van der Waals surface area (Å²) in [7, 11) is 0. The fourth-order valence-corrected chi connectivity index (χ4v) is 3.37. The van der Waals surface area contributed by atoms with Crippen LogP contribution >= 0.6 is 11.6 Å². The fraction of sp³-hybridized carbons (Fsp3) is 0.143. The Morgan fingerprint density at radius 3 is 2.62 bits per heavy atom. The molecule has 2 aromatic carbocycles. The molecule has 7 nitrogen and oxygen atoms in total. The summed E-state index contributed by atoms with van der Waals surface area (Å²) in [5.74, 6) is -0.435. The van der Waals surface area contributed by atoms with Gasteiger partial charge in [-0.3, -0.25) is 14.9 Å². The van der Waals surface area contributed by atoms with E-state index >= 15 is 0 Å². The number of hydrogen-bond acceptors (Lipinski definition) is 4. The monoisotopic (exact) mass is 410 g/mol. The van der Waals surface area contributed by atoms with Gasteiger partial charge in [-0.05, 0) is 32.0 Å². The maximum absolute atomic E-state index is 12.1. The molecule has 0 aliphatic heterocycles. The Bertz CT molecular complexity index is 1110. The van der Waals surface area contributed by atoms with E-state index in [1.165, 1.54) is 6.07 Å². The van der Waals surface area contributed by atoms with Crippen molar-refractivity contribution in [2.75, 3.05) is 0 Å². The van der Waals surface area contributed by atoms with Gasteiger partial charge in [-0.1, -0.05) is 41.9 Å². The molecule has 8 heteroatoms. The van der Waals surface area contributed by atoms with Crippen molar-refractivity contribution in [2.45, 2.75) is 20.3 Å². The van der Waals surface area contributed by atoms with Crippen LogP contribution in [0.25, 0.3) is 5.69 Å². The third-order valence-corrected chi connectivity index (χ3v) is 4.82. The number of hydrogen-bond donors (Lipinski definition) is 1. The number of nitrogens with zero attached hydrogens (tertiary/aromatic N) is 3. The predicted molar refractivity (Wildman–Crippen MR) is 113 cm³/mol. The number of halogens is 1. The number of benzene rings is 2. The van der Waals surface area contributed by atoms with Gasteiger partial charge in [-0.2, -0.15) is 5.10 Å². The first kappa shape index (κ1) is 20.3. The molecule has 3 rings (SSSR count). The van der Waals surface area contributed by atoms with Crippen LogP contribution in [0.4, 0.5) is 5.69 Å². The molecule has 0 aliphatic carbocycles. The van der Waals surface area contributed by atoms with E-state index in [1.807, 2.05) is 48.7 Å². The molecule has 148 valence electrons. The summed E-state index contributed by atoms with van der Waals surface area (Å²) in [6.45, 7) is 3.90. The maximum atomic E-state index is 12.1. The Hall–Kier alpha value is -3.45. The number of nitrogens with one attached hydrogen (secondary N) is 1. The van der Waals surface area contributed by atoms with Crippen molar-refractivity contribution in [3.8, 4) is 5.69 Å². The van der Waals surface area contributed by atoms with Crippen LogP contribution in [0.3, 0.4) is 0 Å². The lowest BCUT2D eigenvalue weighted by Crippen LogP contribution is -2.20. The molecule has 3 aromatic rings. The zero-order valence-corrected chi connectivity index (χ0v) is 16.7. The molecule has 1 aromatic heterocycles. The smallest absolute Gasteiger partial charge is 0.273 e. The molecule has 0 bridgehead atoms. The first-order chi connectivity index (χ1) is 13.9. The van der Waals surface area contributed by atoms with Gasteiger partial charge in [-0.15, -0.1) is 0 Å². The minimum absolute atomic E-state index is 0.0880. The second kappa shape index (κ2) is 8.70. The van der Waals surface area contributed by atoms with Crippen LogP contribution in [0.5, 0.6) is 0 Å². The summed E-state index contributed by atoms with van der Waals surface area (Å²) in [6.07, 6.45) is 1.42. The summed E-state index contributed by atoms with van der Waals surface area (Å²) < 4.78 is 2.01. The van der Waals surface area contributed by atoms with Crippen molar-refractivity contribution in [3.63, 3.8) is 0 Å². The summed E-state index contributed by atoms with van der Waals surface area (Å²) in [5, 5.41) is 15.7. The molecule has 0 fully saturated rings. The average molecular weight is 411 g/mol. The topological polar surface area (TPSA) is 89.5 Å². The van der Waals surface area contributed by atoms with Crippen molar-refractivity contribution in [3.05, 3.63) is 92.2 Å². The Morgan fingerprint density at radius 2 is 1.90 bits per heavy atom. The summed E-state index contributed by atoms with van der Waals surface area (Å²) >= 11 is 6.31. The SMILES string of the molecule is Cc1cc(C=NNC(=O)Cc2ccccc2[N+](=O)[O-])c(C)n1-c1ccccc1Cl. The zero-order chi connectivity index (χ0) is 21.0. The van der Waals surface area contributed by atoms with E-state index in [9.17, 15) is 14.9 Å². The second-order valence-corrected chi connectivity index (χ2v) is 6.88. The third kappa shape index (κ3) is 4.52. The number of amides is 1. The van der Waals surface area contributed by atoms with Crippen molar-refractivity contribution in [1.29, 1.82) is 0 Å². The molecule has 1 heterocycles.